The number of hydrogen-bond donors (Lipinski definition) is 2. The van der Waals surface area contributed by atoms with E-state index in [0.29, 0.717) is 46.3 Å². The summed E-state index contributed by atoms with van der Waals surface area (Å²) in [5, 5.41) is 22.0. The molecule has 51 heavy (non-hydrogen) atoms. The second-order valence-corrected chi connectivity index (χ2v) is 14.0. The average Bonchev–Trinajstić information content (AvgIpc) is 3.81. The smallest absolute Gasteiger partial charge is 0.416 e. The maximum absolute atomic E-state index is 13.5. The van der Waals surface area contributed by atoms with Crippen molar-refractivity contribution in [2.24, 2.45) is 5.92 Å². The largest absolute Gasteiger partial charge is 0.467 e. The first-order valence-electron chi connectivity index (χ1n) is 16.7. The lowest BCUT2D eigenvalue weighted by molar-refractivity contribution is -0.152. The highest BCUT2D eigenvalue weighted by Gasteiger charge is 2.40. The summed E-state index contributed by atoms with van der Waals surface area (Å²) >= 11 is 0. The van der Waals surface area contributed by atoms with Gasteiger partial charge in [-0.1, -0.05) is 58.0 Å². The third-order valence-electron chi connectivity index (χ3n) is 9.01. The summed E-state index contributed by atoms with van der Waals surface area (Å²) in [6.07, 6.45) is 3.90. The van der Waals surface area contributed by atoms with Gasteiger partial charge in [-0.2, -0.15) is 0 Å². The van der Waals surface area contributed by atoms with Gasteiger partial charge in [-0.3, -0.25) is 14.6 Å². The molecular weight excluding hydrogens is 658 g/mol. The second-order valence-electron chi connectivity index (χ2n) is 14.0. The predicted molar refractivity (Wildman–Crippen MR) is 185 cm³/mol. The first kappa shape index (κ1) is 36.7. The van der Waals surface area contributed by atoms with E-state index in [2.05, 4.69) is 20.6 Å². The van der Waals surface area contributed by atoms with Crippen molar-refractivity contribution in [2.45, 2.75) is 77.4 Å². The lowest BCUT2D eigenvalue weighted by Gasteiger charge is -2.27. The number of nitrogens with zero attached hydrogens (tertiary/aromatic N) is 6. The van der Waals surface area contributed by atoms with Crippen molar-refractivity contribution >= 4 is 40.7 Å². The first-order chi connectivity index (χ1) is 24.2. The minimum absolute atomic E-state index is 0.0215. The summed E-state index contributed by atoms with van der Waals surface area (Å²) < 4.78 is 12.8. The summed E-state index contributed by atoms with van der Waals surface area (Å²) in [5.74, 6) is -1.92. The molecule has 0 bridgehead atoms. The van der Waals surface area contributed by atoms with Gasteiger partial charge in [0.25, 0.3) is 5.91 Å². The van der Waals surface area contributed by atoms with Crippen LogP contribution in [0.5, 0.6) is 0 Å². The fourth-order valence-electron chi connectivity index (χ4n) is 6.80. The Balaban J connectivity index is 1.45. The second kappa shape index (κ2) is 14.7. The summed E-state index contributed by atoms with van der Waals surface area (Å²) in [7, 11) is 2.54. The fraction of sp³-hybridized carbons (Fsp3) is 0.444. The molecule has 0 radical (unpaired) electrons. The van der Waals surface area contributed by atoms with Crippen LogP contribution in [0.25, 0.3) is 22.2 Å². The topological polar surface area (TPSA) is 188 Å². The molecule has 1 saturated heterocycles. The van der Waals surface area contributed by atoms with E-state index in [1.54, 1.807) is 24.3 Å². The van der Waals surface area contributed by atoms with Gasteiger partial charge in [0.15, 0.2) is 6.04 Å². The number of carbonyl (C=O) groups excluding carboxylic acids is 4. The number of fused-ring (bicyclic) bond motifs is 1. The molecule has 2 amide bonds. The van der Waals surface area contributed by atoms with Crippen LogP contribution in [-0.4, -0.2) is 97.2 Å². The maximum atomic E-state index is 13.5. The van der Waals surface area contributed by atoms with E-state index in [1.807, 2.05) is 40.7 Å². The number of benzene rings is 1. The number of carbonyl (C=O) groups is 5. The molecule has 4 aromatic rings. The number of carboxylic acid groups (broad SMARTS) is 1. The van der Waals surface area contributed by atoms with E-state index in [4.69, 9.17) is 9.47 Å². The number of hydrogen-bond acceptors (Lipinski definition) is 10. The molecule has 0 unspecified atom stereocenters. The zero-order valence-electron chi connectivity index (χ0n) is 29.7. The van der Waals surface area contributed by atoms with Crippen LogP contribution >= 0.6 is 0 Å². The number of nitrogens with one attached hydrogen (secondary N) is 1. The average molecular weight is 702 g/mol. The standard InChI is InChI=1S/C36H43N7O8/c1-20(2)14-27(33(46)50-6)41-13-12-25(32(41)45)39-31(44)22-15-21(17-37-18-22)29-19-38-40-43(29)28(34(47)51-7)16-24-23-10-8-9-11-26(23)42(35(48)49)30(24)36(3,4)5/h8-11,15,17-20,25,27-28H,12-14,16H2,1-7H3,(H,39,44)(H,48,49)/t25-,27+,28-/m1/s1. The van der Waals surface area contributed by atoms with Gasteiger partial charge in [-0.25, -0.2) is 23.6 Å². The van der Waals surface area contributed by atoms with Crippen LogP contribution in [0.4, 0.5) is 4.79 Å². The molecule has 1 aliphatic heterocycles. The zero-order valence-corrected chi connectivity index (χ0v) is 29.7. The fourth-order valence-corrected chi connectivity index (χ4v) is 6.80. The van der Waals surface area contributed by atoms with Crippen LogP contribution in [0.3, 0.4) is 0 Å². The highest BCUT2D eigenvalue weighted by molar-refractivity contribution is 5.99. The first-order valence-corrected chi connectivity index (χ1v) is 16.7. The van der Waals surface area contributed by atoms with E-state index >= 15 is 0 Å². The van der Waals surface area contributed by atoms with Crippen LogP contribution in [0.15, 0.2) is 48.9 Å². The van der Waals surface area contributed by atoms with Crippen molar-refractivity contribution in [1.29, 1.82) is 0 Å². The van der Waals surface area contributed by atoms with Gasteiger partial charge < -0.3 is 24.8 Å². The van der Waals surface area contributed by atoms with Crippen LogP contribution < -0.4 is 5.32 Å². The van der Waals surface area contributed by atoms with Gasteiger partial charge in [0.05, 0.1) is 37.2 Å². The van der Waals surface area contributed by atoms with E-state index in [0.717, 1.165) is 0 Å². The number of amides is 2. The van der Waals surface area contributed by atoms with Crippen molar-refractivity contribution in [3.63, 3.8) is 0 Å². The highest BCUT2D eigenvalue weighted by atomic mass is 16.5. The summed E-state index contributed by atoms with van der Waals surface area (Å²) in [5.41, 5.74) is 1.93. The lowest BCUT2D eigenvalue weighted by atomic mass is 9.86. The van der Waals surface area contributed by atoms with E-state index in [1.165, 1.54) is 47.0 Å². The molecule has 0 spiro atoms. The van der Waals surface area contributed by atoms with E-state index < -0.39 is 47.5 Å². The number of para-hydroxylation sites is 1. The van der Waals surface area contributed by atoms with Crippen LogP contribution in [0.2, 0.25) is 0 Å². The Bertz CT molecular complexity index is 1970. The molecule has 2 N–H and O–H groups in total. The minimum atomic E-state index is -1.15. The van der Waals surface area contributed by atoms with Crippen molar-refractivity contribution in [3.8, 4) is 11.3 Å². The Hall–Kier alpha value is -5.60. The van der Waals surface area contributed by atoms with Gasteiger partial charge in [-0.15, -0.1) is 5.10 Å². The SMILES string of the molecule is COC(=O)[C@@H](Cc1c(C(C)(C)C)n(C(=O)O)c2ccccc12)n1nncc1-c1cncc(C(=O)N[C@@H]2CCN([C@@H](CC(C)C)C(=O)OC)C2=O)c1. The molecule has 0 saturated carbocycles. The molecular formula is C36H43N7O8. The number of ether oxygens (including phenoxy) is 2. The molecule has 1 aromatic carbocycles. The Morgan fingerprint density at radius 3 is 2.35 bits per heavy atom. The van der Waals surface area contributed by atoms with E-state index in [-0.39, 0.29) is 30.4 Å². The normalized spacial score (nSPS) is 16.0. The number of rotatable bonds is 11. The van der Waals surface area contributed by atoms with Crippen LogP contribution in [0, 0.1) is 5.92 Å². The lowest BCUT2D eigenvalue weighted by Crippen LogP contribution is -2.48. The summed E-state index contributed by atoms with van der Waals surface area (Å²) in [6.45, 7) is 9.90. The van der Waals surface area contributed by atoms with Crippen molar-refractivity contribution < 1.29 is 38.6 Å². The van der Waals surface area contributed by atoms with Gasteiger partial charge >= 0.3 is 18.0 Å². The Labute approximate surface area is 294 Å². The van der Waals surface area contributed by atoms with Crippen molar-refractivity contribution in [1.82, 2.24) is 34.8 Å². The molecule has 0 aliphatic carbocycles. The number of likely N-dealkylation sites (tertiary alicyclic amines) is 1. The zero-order chi connectivity index (χ0) is 37.2. The molecule has 15 heteroatoms. The molecule has 5 rings (SSSR count). The molecule has 3 atom stereocenters. The maximum Gasteiger partial charge on any atom is 0.416 e. The number of aromatic nitrogens is 5. The predicted octanol–water partition coefficient (Wildman–Crippen LogP) is 3.99. The Morgan fingerprint density at radius 1 is 1.02 bits per heavy atom. The van der Waals surface area contributed by atoms with E-state index in [9.17, 15) is 29.1 Å². The van der Waals surface area contributed by atoms with Gasteiger partial charge in [0, 0.05) is 47.4 Å². The van der Waals surface area contributed by atoms with Crippen LogP contribution in [0.1, 0.15) is 75.1 Å². The summed E-state index contributed by atoms with van der Waals surface area (Å²) in [6, 6.07) is 5.98. The summed E-state index contributed by atoms with van der Waals surface area (Å²) in [4.78, 5) is 71.0. The minimum Gasteiger partial charge on any atom is -0.467 e. The van der Waals surface area contributed by atoms with Gasteiger partial charge in [0.2, 0.25) is 5.91 Å². The number of pyridine rings is 1. The number of methoxy groups -OCH3 is 2. The quantitative estimate of drug-likeness (QED) is 0.215. The molecule has 1 fully saturated rings. The molecule has 4 heterocycles. The van der Waals surface area contributed by atoms with Crippen LogP contribution in [-0.2, 0) is 35.7 Å². The highest BCUT2D eigenvalue weighted by Crippen LogP contribution is 2.37. The Morgan fingerprint density at radius 2 is 1.71 bits per heavy atom. The molecule has 270 valence electrons. The third-order valence-corrected chi connectivity index (χ3v) is 9.01. The monoisotopic (exact) mass is 701 g/mol. The van der Waals surface area contributed by atoms with Gasteiger partial charge in [-0.05, 0) is 36.5 Å². The Kier molecular flexibility index (Phi) is 10.6. The van der Waals surface area contributed by atoms with Crippen molar-refractivity contribution in [3.05, 3.63) is 65.7 Å². The van der Waals surface area contributed by atoms with Gasteiger partial charge in [0.1, 0.15) is 12.1 Å². The molecule has 15 nitrogen and oxygen atoms in total. The van der Waals surface area contributed by atoms with Crippen molar-refractivity contribution in [2.75, 3.05) is 20.8 Å². The molecule has 1 aliphatic rings. The third kappa shape index (κ3) is 7.32. The number of esters is 2. The molecule has 3 aromatic heterocycles.